The summed E-state index contributed by atoms with van der Waals surface area (Å²) in [5.74, 6) is 0.481. The number of methoxy groups -OCH3 is 1. The molecule has 1 saturated carbocycles. The smallest absolute Gasteiger partial charge is 0.381 e. The second-order valence-corrected chi connectivity index (χ2v) is 9.47. The van der Waals surface area contributed by atoms with Gasteiger partial charge in [-0.15, -0.1) is 0 Å². The Bertz CT molecular complexity index is 725. The van der Waals surface area contributed by atoms with Crippen LogP contribution in [0.1, 0.15) is 61.9 Å². The van der Waals surface area contributed by atoms with E-state index in [1.807, 2.05) is 7.05 Å². The SMILES string of the molecule is CNCCN(C)Cc1nn2c(c1[C@@H]1CC[C@H](CCC(F)(F)F)CC1C(C)OC)COCC2. The number of hydrogen-bond acceptors (Lipinski definition) is 5. The molecule has 0 aromatic carbocycles. The molecule has 2 aliphatic rings. The molecule has 1 N–H and O–H groups in total. The molecule has 1 aromatic heterocycles. The highest BCUT2D eigenvalue weighted by atomic mass is 19.4. The van der Waals surface area contributed by atoms with Gasteiger partial charge in [0.2, 0.25) is 0 Å². The lowest BCUT2D eigenvalue weighted by Gasteiger charge is -2.40. The monoisotopic (exact) mass is 460 g/mol. The molecule has 9 heteroatoms. The first-order valence-corrected chi connectivity index (χ1v) is 11.8. The van der Waals surface area contributed by atoms with Gasteiger partial charge in [0.1, 0.15) is 0 Å². The summed E-state index contributed by atoms with van der Waals surface area (Å²) in [6, 6.07) is 0. The first-order valence-electron chi connectivity index (χ1n) is 11.8. The van der Waals surface area contributed by atoms with Crippen molar-refractivity contribution in [3.05, 3.63) is 17.0 Å². The number of fused-ring (bicyclic) bond motifs is 1. The number of hydrogen-bond donors (Lipinski definition) is 1. The Morgan fingerprint density at radius 3 is 2.81 bits per heavy atom. The average Bonchev–Trinajstić information content (AvgIpc) is 3.12. The minimum atomic E-state index is -4.09. The summed E-state index contributed by atoms with van der Waals surface area (Å²) in [6.45, 7) is 6.56. The Kier molecular flexibility index (Phi) is 9.00. The van der Waals surface area contributed by atoms with E-state index >= 15 is 0 Å². The number of nitrogens with zero attached hydrogens (tertiary/aromatic N) is 3. The molecule has 4 atom stereocenters. The fraction of sp³-hybridized carbons (Fsp3) is 0.870. The van der Waals surface area contributed by atoms with Gasteiger partial charge in [-0.05, 0) is 64.5 Å². The first kappa shape index (κ1) is 25.5. The quantitative estimate of drug-likeness (QED) is 0.573. The highest BCUT2D eigenvalue weighted by Gasteiger charge is 2.40. The highest BCUT2D eigenvalue weighted by Crippen LogP contribution is 2.47. The van der Waals surface area contributed by atoms with Gasteiger partial charge in [-0.2, -0.15) is 18.3 Å². The molecule has 1 fully saturated rings. The minimum absolute atomic E-state index is 0.0244. The molecule has 1 aliphatic heterocycles. The van der Waals surface area contributed by atoms with E-state index in [4.69, 9.17) is 14.6 Å². The molecule has 6 nitrogen and oxygen atoms in total. The molecule has 3 rings (SSSR count). The van der Waals surface area contributed by atoms with Crippen LogP contribution in [0.15, 0.2) is 0 Å². The van der Waals surface area contributed by atoms with Gasteiger partial charge in [-0.25, -0.2) is 0 Å². The number of halogens is 3. The van der Waals surface area contributed by atoms with Crippen molar-refractivity contribution in [1.82, 2.24) is 20.0 Å². The number of aromatic nitrogens is 2. The molecule has 184 valence electrons. The molecule has 0 saturated heterocycles. The van der Waals surface area contributed by atoms with Crippen LogP contribution in [0.2, 0.25) is 0 Å². The molecular formula is C23H39F3N4O2. The van der Waals surface area contributed by atoms with Gasteiger partial charge in [0.05, 0.1) is 37.3 Å². The van der Waals surface area contributed by atoms with Crippen molar-refractivity contribution in [3.8, 4) is 0 Å². The predicted octanol–water partition coefficient (Wildman–Crippen LogP) is 3.94. The average molecular weight is 461 g/mol. The van der Waals surface area contributed by atoms with Crippen LogP contribution in [0.3, 0.4) is 0 Å². The van der Waals surface area contributed by atoms with Crippen LogP contribution in [0, 0.1) is 11.8 Å². The standard InChI is InChI=1S/C23H39F3N4O2/c1-16(31-4)19-13-17(7-8-23(24,25)26)5-6-18(19)22-20(14-29(3)10-9-27-2)28-30-11-12-32-15-21(22)30/h16-19,27H,5-15H2,1-4H3/t16?,17-,18-,19?/m1/s1. The van der Waals surface area contributed by atoms with Crippen molar-refractivity contribution in [2.75, 3.05) is 40.9 Å². The number of ether oxygens (including phenoxy) is 2. The summed E-state index contributed by atoms with van der Waals surface area (Å²) in [5.41, 5.74) is 3.47. The summed E-state index contributed by atoms with van der Waals surface area (Å²) >= 11 is 0. The summed E-state index contributed by atoms with van der Waals surface area (Å²) in [4.78, 5) is 2.26. The number of likely N-dealkylation sites (N-methyl/N-ethyl adjacent to an activating group) is 2. The molecular weight excluding hydrogens is 421 g/mol. The molecule has 1 aromatic rings. The second kappa shape index (κ2) is 11.3. The topological polar surface area (TPSA) is 51.6 Å². The van der Waals surface area contributed by atoms with Gasteiger partial charge in [0.15, 0.2) is 0 Å². The zero-order valence-electron chi connectivity index (χ0n) is 19.9. The first-order chi connectivity index (χ1) is 15.2. The van der Waals surface area contributed by atoms with Crippen molar-refractivity contribution in [2.24, 2.45) is 11.8 Å². The van der Waals surface area contributed by atoms with Crippen molar-refractivity contribution in [2.45, 2.75) is 76.9 Å². The Morgan fingerprint density at radius 2 is 2.12 bits per heavy atom. The van der Waals surface area contributed by atoms with E-state index in [-0.39, 0.29) is 30.3 Å². The maximum absolute atomic E-state index is 12.8. The van der Waals surface area contributed by atoms with Crippen LogP contribution in [0.5, 0.6) is 0 Å². The highest BCUT2D eigenvalue weighted by molar-refractivity contribution is 5.32. The second-order valence-electron chi connectivity index (χ2n) is 9.47. The van der Waals surface area contributed by atoms with Crippen molar-refractivity contribution < 1.29 is 22.6 Å². The van der Waals surface area contributed by atoms with E-state index in [0.717, 1.165) is 56.8 Å². The normalized spacial score (nSPS) is 25.2. The molecule has 0 radical (unpaired) electrons. The van der Waals surface area contributed by atoms with Crippen LogP contribution in [0.25, 0.3) is 0 Å². The minimum Gasteiger partial charge on any atom is -0.381 e. The summed E-state index contributed by atoms with van der Waals surface area (Å²) < 4.78 is 52.1. The van der Waals surface area contributed by atoms with Gasteiger partial charge < -0.3 is 14.8 Å². The van der Waals surface area contributed by atoms with Crippen LogP contribution in [-0.2, 0) is 29.2 Å². The maximum Gasteiger partial charge on any atom is 0.389 e. The molecule has 2 unspecified atom stereocenters. The Labute approximate surface area is 189 Å². The Balaban J connectivity index is 1.85. The molecule has 2 heterocycles. The fourth-order valence-corrected chi connectivity index (χ4v) is 5.38. The lowest BCUT2D eigenvalue weighted by Crippen LogP contribution is -2.34. The van der Waals surface area contributed by atoms with Crippen LogP contribution >= 0.6 is 0 Å². The third-order valence-corrected chi connectivity index (χ3v) is 7.21. The lowest BCUT2D eigenvalue weighted by molar-refractivity contribution is -0.138. The van der Waals surface area contributed by atoms with Gasteiger partial charge in [0.25, 0.3) is 0 Å². The van der Waals surface area contributed by atoms with Crippen molar-refractivity contribution >= 4 is 0 Å². The van der Waals surface area contributed by atoms with E-state index in [1.54, 1.807) is 7.11 Å². The van der Waals surface area contributed by atoms with Gasteiger partial charge in [-0.1, -0.05) is 0 Å². The zero-order chi connectivity index (χ0) is 23.3. The third kappa shape index (κ3) is 6.46. The lowest BCUT2D eigenvalue weighted by atomic mass is 9.67. The van der Waals surface area contributed by atoms with E-state index in [1.165, 1.54) is 5.56 Å². The summed E-state index contributed by atoms with van der Waals surface area (Å²) in [7, 11) is 5.74. The van der Waals surface area contributed by atoms with E-state index in [0.29, 0.717) is 13.2 Å². The maximum atomic E-state index is 12.8. The number of rotatable bonds is 10. The fourth-order valence-electron chi connectivity index (χ4n) is 5.38. The van der Waals surface area contributed by atoms with E-state index in [9.17, 15) is 13.2 Å². The molecule has 0 bridgehead atoms. The Hall–Kier alpha value is -1.16. The largest absolute Gasteiger partial charge is 0.389 e. The molecule has 1 aliphatic carbocycles. The van der Waals surface area contributed by atoms with Gasteiger partial charge >= 0.3 is 6.18 Å². The van der Waals surface area contributed by atoms with E-state index < -0.39 is 12.6 Å². The molecule has 0 amide bonds. The molecule has 32 heavy (non-hydrogen) atoms. The third-order valence-electron chi connectivity index (χ3n) is 7.21. The van der Waals surface area contributed by atoms with Gasteiger partial charge in [-0.3, -0.25) is 9.58 Å². The predicted molar refractivity (Wildman–Crippen MR) is 117 cm³/mol. The van der Waals surface area contributed by atoms with Crippen molar-refractivity contribution in [1.29, 1.82) is 0 Å². The van der Waals surface area contributed by atoms with Gasteiger partial charge in [0, 0.05) is 38.7 Å². The zero-order valence-corrected chi connectivity index (χ0v) is 19.9. The van der Waals surface area contributed by atoms with Crippen LogP contribution < -0.4 is 5.32 Å². The Morgan fingerprint density at radius 1 is 1.34 bits per heavy atom. The summed E-state index contributed by atoms with van der Waals surface area (Å²) in [6.07, 6.45) is -2.17. The summed E-state index contributed by atoms with van der Waals surface area (Å²) in [5, 5.41) is 8.15. The van der Waals surface area contributed by atoms with Crippen LogP contribution in [-0.4, -0.2) is 67.9 Å². The molecule has 0 spiro atoms. The van der Waals surface area contributed by atoms with Crippen molar-refractivity contribution in [3.63, 3.8) is 0 Å². The number of nitrogens with one attached hydrogen (secondary N) is 1. The van der Waals surface area contributed by atoms with E-state index in [2.05, 4.69) is 28.9 Å². The number of alkyl halides is 3. The van der Waals surface area contributed by atoms with Crippen LogP contribution in [0.4, 0.5) is 13.2 Å².